The molecule has 0 spiro atoms. The van der Waals surface area contributed by atoms with Crippen LogP contribution in [0.1, 0.15) is 98.8 Å². The molecule has 0 aromatic carbocycles. The summed E-state index contributed by atoms with van der Waals surface area (Å²) in [4.78, 5) is 12.8. The predicted molar refractivity (Wildman–Crippen MR) is 137 cm³/mol. The Morgan fingerprint density at radius 1 is 0.971 bits per heavy atom. The van der Waals surface area contributed by atoms with Gasteiger partial charge < -0.3 is 15.4 Å². The van der Waals surface area contributed by atoms with E-state index in [2.05, 4.69) is 46.4 Å². The molecule has 5 heteroatoms. The van der Waals surface area contributed by atoms with E-state index in [9.17, 15) is 20.2 Å². The van der Waals surface area contributed by atoms with Gasteiger partial charge in [-0.1, -0.05) is 45.0 Å². The van der Waals surface area contributed by atoms with Crippen molar-refractivity contribution in [3.8, 4) is 0 Å². The molecule has 0 aromatic heterocycles. The number of oxime groups is 1. The normalized spacial score (nSPS) is 54.3. The van der Waals surface area contributed by atoms with Gasteiger partial charge in [0.1, 0.15) is 0 Å². The van der Waals surface area contributed by atoms with Crippen LogP contribution in [-0.2, 0) is 4.79 Å². The van der Waals surface area contributed by atoms with E-state index in [1.807, 2.05) is 0 Å². The summed E-state index contributed by atoms with van der Waals surface area (Å²) in [5.41, 5.74) is 1.22. The number of carboxylic acids is 1. The van der Waals surface area contributed by atoms with E-state index >= 15 is 0 Å². The van der Waals surface area contributed by atoms with Crippen molar-refractivity contribution in [3.05, 3.63) is 12.2 Å². The maximum atomic E-state index is 12.8. The van der Waals surface area contributed by atoms with E-state index in [1.165, 1.54) is 5.57 Å². The van der Waals surface area contributed by atoms with Gasteiger partial charge in [0.15, 0.2) is 0 Å². The van der Waals surface area contributed by atoms with E-state index < -0.39 is 16.8 Å². The molecule has 0 aliphatic heterocycles. The molecule has 3 N–H and O–H groups in total. The maximum Gasteiger partial charge on any atom is 0.309 e. The predicted octanol–water partition coefficient (Wildman–Crippen LogP) is 6.53. The van der Waals surface area contributed by atoms with Gasteiger partial charge in [-0.2, -0.15) is 0 Å². The van der Waals surface area contributed by atoms with Crippen molar-refractivity contribution in [1.82, 2.24) is 0 Å². The number of hydrogen-bond donors (Lipinski definition) is 3. The molecule has 5 aliphatic carbocycles. The number of carboxylic acid groups (broad SMARTS) is 1. The van der Waals surface area contributed by atoms with E-state index in [0.29, 0.717) is 23.7 Å². The lowest BCUT2D eigenvalue weighted by Gasteiger charge is -2.72. The Morgan fingerprint density at radius 3 is 2.29 bits per heavy atom. The molecular formula is C30H47NO4. The van der Waals surface area contributed by atoms with Crippen LogP contribution in [0.3, 0.4) is 0 Å². The number of aliphatic hydroxyl groups excluding tert-OH is 1. The largest absolute Gasteiger partial charge is 0.481 e. The van der Waals surface area contributed by atoms with Crippen molar-refractivity contribution in [2.75, 3.05) is 6.61 Å². The number of hydrogen-bond acceptors (Lipinski definition) is 4. The molecule has 0 heterocycles. The van der Waals surface area contributed by atoms with Gasteiger partial charge in [-0.15, -0.1) is 0 Å². The Labute approximate surface area is 211 Å². The summed E-state index contributed by atoms with van der Waals surface area (Å²) in [7, 11) is 0. The van der Waals surface area contributed by atoms with Crippen LogP contribution in [0.25, 0.3) is 0 Å². The molecule has 5 aliphatic rings. The van der Waals surface area contributed by atoms with Crippen LogP contribution in [0.2, 0.25) is 0 Å². The summed E-state index contributed by atoms with van der Waals surface area (Å²) in [6, 6.07) is 0. The Kier molecular flexibility index (Phi) is 5.65. The summed E-state index contributed by atoms with van der Waals surface area (Å²) < 4.78 is 0. The molecule has 5 nitrogen and oxygen atoms in total. The van der Waals surface area contributed by atoms with Crippen LogP contribution >= 0.6 is 0 Å². The number of carbonyl (C=O) groups is 1. The molecular weight excluding hydrogens is 438 g/mol. The molecule has 0 amide bonds. The zero-order valence-electron chi connectivity index (χ0n) is 22.6. The minimum atomic E-state index is -0.578. The number of aliphatic carboxylic acids is 1. The van der Waals surface area contributed by atoms with Gasteiger partial charge >= 0.3 is 5.97 Å². The first-order valence-corrected chi connectivity index (χ1v) is 14.1. The monoisotopic (exact) mass is 485 g/mol. The lowest BCUT2D eigenvalue weighted by Crippen LogP contribution is -2.67. The Hall–Kier alpha value is -1.36. The second-order valence-electron chi connectivity index (χ2n) is 14.3. The van der Waals surface area contributed by atoms with Gasteiger partial charge in [0.25, 0.3) is 0 Å². The zero-order valence-corrected chi connectivity index (χ0v) is 22.6. The second kappa shape index (κ2) is 7.82. The van der Waals surface area contributed by atoms with Crippen molar-refractivity contribution in [2.45, 2.75) is 98.8 Å². The summed E-state index contributed by atoms with van der Waals surface area (Å²) in [5.74, 6) is 1.19. The fourth-order valence-corrected chi connectivity index (χ4v) is 11.5. The zero-order chi connectivity index (χ0) is 25.6. The third-order valence-corrected chi connectivity index (χ3v) is 13.5. The Bertz CT molecular complexity index is 960. The molecule has 0 radical (unpaired) electrons. The fourth-order valence-electron chi connectivity index (χ4n) is 11.5. The van der Waals surface area contributed by atoms with Crippen LogP contribution < -0.4 is 0 Å². The third-order valence-electron chi connectivity index (χ3n) is 13.5. The standard InChI is InChI=1S/C30H47NO4/c1-18(2)19-9-14-30(25(33)34)16-15-28(5)20(24(19)30)7-8-22-26(3)12-11-23(31-35)27(4,17-32)21(26)10-13-29(22,28)6/h19-22,24,32,35H,1,7-17H2,2-6H3,(H,33,34)/b31-23+/t19-,20+,21+,22+,24+,26-,27-,28+,29+,30-/m0/s1. The lowest BCUT2D eigenvalue weighted by atomic mass is 9.32. The summed E-state index contributed by atoms with van der Waals surface area (Å²) in [6.07, 6.45) is 9.67. The third kappa shape index (κ3) is 2.91. The average Bonchev–Trinajstić information content (AvgIpc) is 3.21. The summed E-state index contributed by atoms with van der Waals surface area (Å²) >= 11 is 0. The highest BCUT2D eigenvalue weighted by atomic mass is 16.4. The molecule has 0 bridgehead atoms. The van der Waals surface area contributed by atoms with Gasteiger partial charge in [-0.05, 0) is 117 Å². The smallest absolute Gasteiger partial charge is 0.309 e. The van der Waals surface area contributed by atoms with Crippen molar-refractivity contribution < 1.29 is 20.2 Å². The highest BCUT2D eigenvalue weighted by Gasteiger charge is 2.72. The number of fused-ring (bicyclic) bond motifs is 7. The van der Waals surface area contributed by atoms with Crippen LogP contribution in [0.5, 0.6) is 0 Å². The summed E-state index contributed by atoms with van der Waals surface area (Å²) in [5, 5.41) is 34.5. The molecule has 5 fully saturated rings. The van der Waals surface area contributed by atoms with Crippen LogP contribution in [0, 0.1) is 56.7 Å². The van der Waals surface area contributed by atoms with Gasteiger partial charge in [0.2, 0.25) is 0 Å². The topological polar surface area (TPSA) is 90.1 Å². The molecule has 10 atom stereocenters. The minimum Gasteiger partial charge on any atom is -0.481 e. The van der Waals surface area contributed by atoms with Gasteiger partial charge in [-0.25, -0.2) is 0 Å². The number of nitrogens with zero attached hydrogens (tertiary/aromatic N) is 1. The van der Waals surface area contributed by atoms with Crippen LogP contribution in [0.15, 0.2) is 17.3 Å². The van der Waals surface area contributed by atoms with E-state index in [-0.39, 0.29) is 28.8 Å². The Morgan fingerprint density at radius 2 is 1.69 bits per heavy atom. The van der Waals surface area contributed by atoms with Gasteiger partial charge in [0, 0.05) is 5.41 Å². The molecule has 5 saturated carbocycles. The SMILES string of the molecule is C=C(C)[C@@H]1CC[C@]2(C(=O)O)CC[C@]3(C)[C@H](CC[C@@H]4[C@@]5(C)CC/C(=N\O)[C@@](C)(CO)[C@@H]5CC[C@]43C)[C@@H]12. The quantitative estimate of drug-likeness (QED) is 0.241. The van der Waals surface area contributed by atoms with Gasteiger partial charge in [-0.3, -0.25) is 4.79 Å². The first-order valence-electron chi connectivity index (χ1n) is 14.1. The van der Waals surface area contributed by atoms with Crippen molar-refractivity contribution in [1.29, 1.82) is 0 Å². The highest BCUT2D eigenvalue weighted by molar-refractivity contribution is 5.91. The molecule has 0 unspecified atom stereocenters. The van der Waals surface area contributed by atoms with Crippen molar-refractivity contribution in [2.24, 2.45) is 61.8 Å². The first-order chi connectivity index (χ1) is 16.4. The molecule has 35 heavy (non-hydrogen) atoms. The van der Waals surface area contributed by atoms with Gasteiger partial charge in [0.05, 0.1) is 17.7 Å². The Balaban J connectivity index is 1.57. The lowest BCUT2D eigenvalue weighted by molar-refractivity contribution is -0.232. The minimum absolute atomic E-state index is 0.0273. The summed E-state index contributed by atoms with van der Waals surface area (Å²) in [6.45, 7) is 16.1. The first kappa shape index (κ1) is 25.3. The highest BCUT2D eigenvalue weighted by Crippen LogP contribution is 2.77. The van der Waals surface area contributed by atoms with Crippen molar-refractivity contribution >= 4 is 11.7 Å². The maximum absolute atomic E-state index is 12.8. The fraction of sp³-hybridized carbons (Fsp3) is 0.867. The van der Waals surface area contributed by atoms with Crippen LogP contribution in [-0.4, -0.2) is 33.7 Å². The van der Waals surface area contributed by atoms with E-state index in [1.54, 1.807) is 0 Å². The second-order valence-corrected chi connectivity index (χ2v) is 14.3. The molecule has 0 aromatic rings. The van der Waals surface area contributed by atoms with E-state index in [0.717, 1.165) is 69.9 Å². The molecule has 5 rings (SSSR count). The van der Waals surface area contributed by atoms with Crippen molar-refractivity contribution in [3.63, 3.8) is 0 Å². The number of rotatable bonds is 3. The number of aliphatic hydroxyl groups is 1. The van der Waals surface area contributed by atoms with Crippen LogP contribution in [0.4, 0.5) is 0 Å². The average molecular weight is 486 g/mol. The number of allylic oxidation sites excluding steroid dienone is 1. The van der Waals surface area contributed by atoms with E-state index in [4.69, 9.17) is 0 Å². The molecule has 196 valence electrons. The molecule has 0 saturated heterocycles.